The number of sulfonamides is 1. The van der Waals surface area contributed by atoms with E-state index >= 15 is 0 Å². The second-order valence-corrected chi connectivity index (χ2v) is 10.2. The Morgan fingerprint density at radius 3 is 2.59 bits per heavy atom. The van der Waals surface area contributed by atoms with Crippen molar-refractivity contribution >= 4 is 16.0 Å². The first-order valence-corrected chi connectivity index (χ1v) is 12.0. The number of nitrogens with one attached hydrogen (secondary N) is 1. The maximum Gasteiger partial charge on any atom is 0.306 e. The summed E-state index contributed by atoms with van der Waals surface area (Å²) in [6, 6.07) is 4.54. The fraction of sp³-hybridized carbons (Fsp3) is 0.571. The van der Waals surface area contributed by atoms with Gasteiger partial charge in [-0.1, -0.05) is 32.3 Å². The lowest BCUT2D eigenvalue weighted by molar-refractivity contribution is -0.145. The molecule has 32 heavy (non-hydrogen) atoms. The Morgan fingerprint density at radius 1 is 1.12 bits per heavy atom. The summed E-state index contributed by atoms with van der Waals surface area (Å²) in [6.45, 7) is 6.93. The van der Waals surface area contributed by atoms with Crippen molar-refractivity contribution in [1.82, 2.24) is 14.9 Å². The highest BCUT2D eigenvalue weighted by molar-refractivity contribution is 7.89. The van der Waals surface area contributed by atoms with Crippen LogP contribution in [-0.4, -0.2) is 44.3 Å². The third-order valence-corrected chi connectivity index (χ3v) is 6.13. The molecule has 1 aliphatic rings. The van der Waals surface area contributed by atoms with Gasteiger partial charge in [0, 0.05) is 24.4 Å². The lowest BCUT2D eigenvalue weighted by Gasteiger charge is -2.18. The Balaban J connectivity index is 1.32. The van der Waals surface area contributed by atoms with Gasteiger partial charge in [-0.3, -0.25) is 4.79 Å². The van der Waals surface area contributed by atoms with Crippen molar-refractivity contribution in [2.45, 2.75) is 63.4 Å². The van der Waals surface area contributed by atoms with Gasteiger partial charge < -0.3 is 18.7 Å². The molecule has 2 heterocycles. The van der Waals surface area contributed by atoms with Crippen LogP contribution in [0.1, 0.15) is 58.2 Å². The largest absolute Gasteiger partial charge is 0.486 e. The van der Waals surface area contributed by atoms with Crippen molar-refractivity contribution in [1.29, 1.82) is 0 Å². The third-order valence-electron chi connectivity index (χ3n) is 4.67. The van der Waals surface area contributed by atoms with Crippen LogP contribution in [0.5, 0.6) is 11.5 Å². The van der Waals surface area contributed by atoms with Gasteiger partial charge in [0.05, 0.1) is 4.90 Å². The molecule has 176 valence electrons. The molecule has 0 bridgehead atoms. The van der Waals surface area contributed by atoms with Gasteiger partial charge in [0.2, 0.25) is 10.0 Å². The van der Waals surface area contributed by atoms with Crippen molar-refractivity contribution in [2.75, 3.05) is 19.8 Å². The van der Waals surface area contributed by atoms with E-state index in [1.54, 1.807) is 6.07 Å². The van der Waals surface area contributed by atoms with Crippen molar-refractivity contribution in [3.05, 3.63) is 29.9 Å². The van der Waals surface area contributed by atoms with E-state index in [0.29, 0.717) is 49.8 Å². The van der Waals surface area contributed by atoms with Crippen LogP contribution in [0.4, 0.5) is 0 Å². The van der Waals surface area contributed by atoms with E-state index in [2.05, 4.69) is 14.9 Å². The predicted molar refractivity (Wildman–Crippen MR) is 114 cm³/mol. The Hall–Kier alpha value is -2.66. The minimum atomic E-state index is -3.65. The molecule has 1 N–H and O–H groups in total. The molecule has 10 nitrogen and oxygen atoms in total. The fourth-order valence-corrected chi connectivity index (χ4v) is 3.97. The third kappa shape index (κ3) is 6.67. The topological polar surface area (TPSA) is 130 Å². The van der Waals surface area contributed by atoms with Gasteiger partial charge >= 0.3 is 5.97 Å². The van der Waals surface area contributed by atoms with E-state index in [-0.39, 0.29) is 41.7 Å². The first kappa shape index (κ1) is 24.0. The van der Waals surface area contributed by atoms with E-state index in [1.807, 2.05) is 20.8 Å². The fourth-order valence-electron chi connectivity index (χ4n) is 2.88. The standard InChI is InChI=1S/C21H29N3O7S/c1-21(2,3)20-23-18(31-24-20)14-30-19(25)7-5-4-6-10-22-32(26,27)15-8-9-16-17(13-15)29-12-11-28-16/h8-9,13,22H,4-7,10-12,14H2,1-3H3. The molecule has 0 saturated heterocycles. The molecule has 0 radical (unpaired) electrons. The van der Waals surface area contributed by atoms with Gasteiger partial charge in [0.1, 0.15) is 13.2 Å². The summed E-state index contributed by atoms with van der Waals surface area (Å²) in [5.41, 5.74) is -0.241. The van der Waals surface area contributed by atoms with Gasteiger partial charge in [-0.25, -0.2) is 13.1 Å². The monoisotopic (exact) mass is 467 g/mol. The maximum atomic E-state index is 12.4. The summed E-state index contributed by atoms with van der Waals surface area (Å²) in [6.07, 6.45) is 2.08. The van der Waals surface area contributed by atoms with Crippen LogP contribution in [0.3, 0.4) is 0 Å². The summed E-state index contributed by atoms with van der Waals surface area (Å²) in [4.78, 5) is 16.2. The smallest absolute Gasteiger partial charge is 0.306 e. The molecule has 1 aromatic carbocycles. The lowest BCUT2D eigenvalue weighted by atomic mass is 9.96. The molecule has 0 atom stereocenters. The maximum absolute atomic E-state index is 12.4. The average Bonchev–Trinajstić information content (AvgIpc) is 3.24. The highest BCUT2D eigenvalue weighted by Crippen LogP contribution is 2.32. The van der Waals surface area contributed by atoms with E-state index < -0.39 is 10.0 Å². The molecule has 0 unspecified atom stereocenters. The van der Waals surface area contributed by atoms with E-state index in [4.69, 9.17) is 18.7 Å². The molecule has 0 fully saturated rings. The van der Waals surface area contributed by atoms with Crippen LogP contribution in [0.2, 0.25) is 0 Å². The number of esters is 1. The van der Waals surface area contributed by atoms with E-state index in [1.165, 1.54) is 12.1 Å². The zero-order chi connectivity index (χ0) is 23.2. The van der Waals surface area contributed by atoms with Crippen LogP contribution >= 0.6 is 0 Å². The van der Waals surface area contributed by atoms with Crippen molar-refractivity contribution < 1.29 is 31.9 Å². The highest BCUT2D eigenvalue weighted by atomic mass is 32.2. The number of hydrogen-bond acceptors (Lipinski definition) is 9. The number of ether oxygens (including phenoxy) is 3. The molecular formula is C21H29N3O7S. The second kappa shape index (κ2) is 10.3. The first-order chi connectivity index (χ1) is 15.1. The Labute approximate surface area is 187 Å². The zero-order valence-corrected chi connectivity index (χ0v) is 19.4. The molecule has 0 amide bonds. The van der Waals surface area contributed by atoms with E-state index in [0.717, 1.165) is 0 Å². The molecule has 1 aromatic heterocycles. The number of benzene rings is 1. The van der Waals surface area contributed by atoms with Crippen LogP contribution < -0.4 is 14.2 Å². The summed E-state index contributed by atoms with van der Waals surface area (Å²) in [7, 11) is -3.65. The molecule has 2 aromatic rings. The first-order valence-electron chi connectivity index (χ1n) is 10.5. The average molecular weight is 468 g/mol. The van der Waals surface area contributed by atoms with Crippen LogP contribution in [-0.2, 0) is 31.6 Å². The van der Waals surface area contributed by atoms with Gasteiger partial charge in [-0.15, -0.1) is 0 Å². The van der Waals surface area contributed by atoms with Crippen LogP contribution in [0.25, 0.3) is 0 Å². The highest BCUT2D eigenvalue weighted by Gasteiger charge is 2.21. The number of hydrogen-bond donors (Lipinski definition) is 1. The lowest BCUT2D eigenvalue weighted by Crippen LogP contribution is -2.25. The normalized spacial score (nSPS) is 13.7. The van der Waals surface area contributed by atoms with E-state index in [9.17, 15) is 13.2 Å². The van der Waals surface area contributed by atoms with Crippen LogP contribution in [0.15, 0.2) is 27.6 Å². The number of fused-ring (bicyclic) bond motifs is 1. The van der Waals surface area contributed by atoms with Crippen molar-refractivity contribution in [3.8, 4) is 11.5 Å². The van der Waals surface area contributed by atoms with Gasteiger partial charge in [-0.05, 0) is 25.0 Å². The quantitative estimate of drug-likeness (QED) is 0.414. The number of unbranched alkanes of at least 4 members (excludes halogenated alkanes) is 2. The number of carbonyl (C=O) groups is 1. The molecular weight excluding hydrogens is 438 g/mol. The van der Waals surface area contributed by atoms with Gasteiger partial charge in [-0.2, -0.15) is 4.98 Å². The summed E-state index contributed by atoms with van der Waals surface area (Å²) >= 11 is 0. The molecule has 0 aliphatic carbocycles. The summed E-state index contributed by atoms with van der Waals surface area (Å²) < 4.78 is 48.5. The number of carbonyl (C=O) groups excluding carboxylic acids is 1. The summed E-state index contributed by atoms with van der Waals surface area (Å²) in [5.74, 6) is 1.42. The molecule has 0 spiro atoms. The second-order valence-electron chi connectivity index (χ2n) is 8.44. The van der Waals surface area contributed by atoms with Gasteiger partial charge in [0.15, 0.2) is 23.9 Å². The van der Waals surface area contributed by atoms with Crippen molar-refractivity contribution in [2.24, 2.45) is 0 Å². The predicted octanol–water partition coefficient (Wildman–Crippen LogP) is 2.72. The minimum absolute atomic E-state index is 0.0583. The Morgan fingerprint density at radius 2 is 1.88 bits per heavy atom. The molecule has 0 saturated carbocycles. The van der Waals surface area contributed by atoms with Crippen molar-refractivity contribution in [3.63, 3.8) is 0 Å². The molecule has 1 aliphatic heterocycles. The Kier molecular flexibility index (Phi) is 7.73. The number of nitrogens with zero attached hydrogens (tertiary/aromatic N) is 2. The van der Waals surface area contributed by atoms with Gasteiger partial charge in [0.25, 0.3) is 5.89 Å². The zero-order valence-electron chi connectivity index (χ0n) is 18.5. The van der Waals surface area contributed by atoms with Crippen LogP contribution in [0, 0.1) is 0 Å². The summed E-state index contributed by atoms with van der Waals surface area (Å²) in [5, 5.41) is 3.88. The Bertz CT molecular complexity index is 1030. The minimum Gasteiger partial charge on any atom is -0.486 e. The number of rotatable bonds is 10. The number of aromatic nitrogens is 2. The SMILES string of the molecule is CC(C)(C)c1noc(COC(=O)CCCCCNS(=O)(=O)c2ccc3c(c2)OCCO3)n1. The molecule has 3 rings (SSSR count). The molecule has 11 heteroatoms.